The van der Waals surface area contributed by atoms with Crippen molar-refractivity contribution in [1.82, 2.24) is 15.0 Å². The van der Waals surface area contributed by atoms with Crippen LogP contribution in [0.25, 0.3) is 11.4 Å². The highest BCUT2D eigenvalue weighted by atomic mass is 16.5. The van der Waals surface area contributed by atoms with Crippen LogP contribution in [0.3, 0.4) is 0 Å². The van der Waals surface area contributed by atoms with Crippen LogP contribution >= 0.6 is 0 Å². The maximum absolute atomic E-state index is 11.9. The van der Waals surface area contributed by atoms with Gasteiger partial charge < -0.3 is 10.1 Å². The number of benzene rings is 1. The number of hydrogen-bond donors (Lipinski definition) is 1. The first-order chi connectivity index (χ1) is 10.6. The molecule has 1 N–H and O–H groups in total. The molecule has 0 saturated heterocycles. The molecule has 0 aliphatic rings. The number of hydrogen-bond acceptors (Lipinski definition) is 5. The van der Waals surface area contributed by atoms with Gasteiger partial charge in [0.15, 0.2) is 5.82 Å². The van der Waals surface area contributed by atoms with Gasteiger partial charge in [-0.25, -0.2) is 9.36 Å². The normalized spacial score (nSPS) is 10.6. The molecular weight excluding hydrogens is 286 g/mol. The Morgan fingerprint density at radius 2 is 2.18 bits per heavy atom. The fraction of sp³-hybridized carbons (Fsp3) is 0.400. The predicted octanol–water partition coefficient (Wildman–Crippen LogP) is 0.964. The molecule has 0 aliphatic heterocycles. The summed E-state index contributed by atoms with van der Waals surface area (Å²) in [4.78, 5) is 23.7. The molecule has 0 radical (unpaired) electrons. The first kappa shape index (κ1) is 16.0. The van der Waals surface area contributed by atoms with Crippen molar-refractivity contribution >= 4 is 5.91 Å². The quantitative estimate of drug-likeness (QED) is 0.770. The summed E-state index contributed by atoms with van der Waals surface area (Å²) in [6, 6.07) is 7.48. The van der Waals surface area contributed by atoms with E-state index in [0.717, 1.165) is 11.1 Å². The van der Waals surface area contributed by atoms with Crippen LogP contribution in [0.1, 0.15) is 12.0 Å². The lowest BCUT2D eigenvalue weighted by atomic mass is 10.1. The maximum atomic E-state index is 11.9. The molecule has 0 bridgehead atoms. The summed E-state index contributed by atoms with van der Waals surface area (Å²) in [6.07, 6.45) is 0.714. The minimum Gasteiger partial charge on any atom is -0.385 e. The number of nitrogens with one attached hydrogen (secondary N) is 1. The van der Waals surface area contributed by atoms with Gasteiger partial charge in [-0.15, -0.1) is 0 Å². The molecule has 1 heterocycles. The van der Waals surface area contributed by atoms with Crippen molar-refractivity contribution in [3.63, 3.8) is 0 Å². The van der Waals surface area contributed by atoms with Gasteiger partial charge in [0, 0.05) is 25.8 Å². The predicted molar refractivity (Wildman–Crippen MR) is 80.4 cm³/mol. The van der Waals surface area contributed by atoms with Crippen molar-refractivity contribution in [1.29, 1.82) is 0 Å². The van der Waals surface area contributed by atoms with Crippen molar-refractivity contribution in [2.75, 3.05) is 20.3 Å². The molecule has 7 heteroatoms. The fourth-order valence-corrected chi connectivity index (χ4v) is 2.07. The van der Waals surface area contributed by atoms with Gasteiger partial charge in [-0.1, -0.05) is 29.4 Å². The second kappa shape index (κ2) is 7.56. The highest BCUT2D eigenvalue weighted by Gasteiger charge is 2.16. The third-order valence-corrected chi connectivity index (χ3v) is 3.22. The van der Waals surface area contributed by atoms with Gasteiger partial charge in [-0.3, -0.25) is 9.32 Å². The Morgan fingerprint density at radius 3 is 2.91 bits per heavy atom. The van der Waals surface area contributed by atoms with E-state index < -0.39 is 5.76 Å². The summed E-state index contributed by atoms with van der Waals surface area (Å²) in [5.74, 6) is -0.559. The van der Waals surface area contributed by atoms with Crippen LogP contribution < -0.4 is 11.1 Å². The largest absolute Gasteiger partial charge is 0.442 e. The Bertz CT molecular complexity index is 690. The molecule has 7 nitrogen and oxygen atoms in total. The molecule has 2 rings (SSSR count). The molecule has 1 aromatic carbocycles. The third-order valence-electron chi connectivity index (χ3n) is 3.22. The second-order valence-electron chi connectivity index (χ2n) is 4.87. The molecule has 0 spiro atoms. The number of rotatable bonds is 7. The third kappa shape index (κ3) is 3.82. The van der Waals surface area contributed by atoms with Crippen molar-refractivity contribution in [2.24, 2.45) is 0 Å². The standard InChI is InChI=1S/C15H19N3O4/c1-11-6-3-4-7-12(11)14-17-22-15(20)18(14)10-13(19)16-8-5-9-21-2/h3-4,6-7H,5,8-10H2,1-2H3,(H,16,19). The fourth-order valence-electron chi connectivity index (χ4n) is 2.07. The van der Waals surface area contributed by atoms with E-state index in [4.69, 9.17) is 9.26 Å². The minimum atomic E-state index is -0.648. The minimum absolute atomic E-state index is 0.126. The summed E-state index contributed by atoms with van der Waals surface area (Å²) in [5, 5.41) is 6.51. The molecule has 22 heavy (non-hydrogen) atoms. The van der Waals surface area contributed by atoms with Crippen LogP contribution in [0.4, 0.5) is 0 Å². The molecule has 0 unspecified atom stereocenters. The van der Waals surface area contributed by atoms with E-state index in [1.165, 1.54) is 4.57 Å². The van der Waals surface area contributed by atoms with E-state index in [9.17, 15) is 9.59 Å². The zero-order valence-electron chi connectivity index (χ0n) is 12.7. The molecule has 0 fully saturated rings. The number of aryl methyl sites for hydroxylation is 1. The Labute approximate surface area is 127 Å². The van der Waals surface area contributed by atoms with E-state index in [2.05, 4.69) is 10.5 Å². The Kier molecular flexibility index (Phi) is 5.48. The van der Waals surface area contributed by atoms with Crippen LogP contribution in [0.15, 0.2) is 33.6 Å². The van der Waals surface area contributed by atoms with Crippen LogP contribution in [-0.4, -0.2) is 35.9 Å². The first-order valence-electron chi connectivity index (χ1n) is 7.01. The topological polar surface area (TPSA) is 86.4 Å². The molecule has 0 saturated carbocycles. The molecule has 0 atom stereocenters. The van der Waals surface area contributed by atoms with Crippen molar-refractivity contribution in [3.8, 4) is 11.4 Å². The molecule has 0 aliphatic carbocycles. The number of nitrogens with zero attached hydrogens (tertiary/aromatic N) is 2. The number of methoxy groups -OCH3 is 1. The number of ether oxygens (including phenoxy) is 1. The molecule has 118 valence electrons. The maximum Gasteiger partial charge on any atom is 0.442 e. The van der Waals surface area contributed by atoms with Gasteiger partial charge in [0.25, 0.3) is 0 Å². The van der Waals surface area contributed by atoms with Gasteiger partial charge in [-0.05, 0) is 18.9 Å². The Hall–Kier alpha value is -2.41. The van der Waals surface area contributed by atoms with E-state index in [-0.39, 0.29) is 12.5 Å². The zero-order chi connectivity index (χ0) is 15.9. The smallest absolute Gasteiger partial charge is 0.385 e. The molecule has 2 aromatic rings. The number of carbonyl (C=O) groups excluding carboxylic acids is 1. The lowest BCUT2D eigenvalue weighted by Crippen LogP contribution is -2.32. The SMILES string of the molecule is COCCCNC(=O)Cn1c(-c2ccccc2C)noc1=O. The highest BCUT2D eigenvalue weighted by molar-refractivity contribution is 5.76. The lowest BCUT2D eigenvalue weighted by Gasteiger charge is -2.07. The van der Waals surface area contributed by atoms with Gasteiger partial charge in [0.2, 0.25) is 5.91 Å². The van der Waals surface area contributed by atoms with Gasteiger partial charge >= 0.3 is 5.76 Å². The molecular formula is C15H19N3O4. The summed E-state index contributed by atoms with van der Waals surface area (Å²) >= 11 is 0. The molecule has 1 aromatic heterocycles. The zero-order valence-corrected chi connectivity index (χ0v) is 12.7. The lowest BCUT2D eigenvalue weighted by molar-refractivity contribution is -0.121. The first-order valence-corrected chi connectivity index (χ1v) is 7.01. The van der Waals surface area contributed by atoms with Gasteiger partial charge in [-0.2, -0.15) is 0 Å². The van der Waals surface area contributed by atoms with Gasteiger partial charge in [0.1, 0.15) is 6.54 Å². The van der Waals surface area contributed by atoms with Crippen LogP contribution in [0.2, 0.25) is 0 Å². The van der Waals surface area contributed by atoms with Crippen LogP contribution in [-0.2, 0) is 16.1 Å². The van der Waals surface area contributed by atoms with Crippen LogP contribution in [0, 0.1) is 6.92 Å². The summed E-state index contributed by atoms with van der Waals surface area (Å²) < 4.78 is 10.8. The van der Waals surface area contributed by atoms with E-state index in [1.807, 2.05) is 31.2 Å². The van der Waals surface area contributed by atoms with E-state index in [1.54, 1.807) is 7.11 Å². The summed E-state index contributed by atoms with van der Waals surface area (Å²) in [5.41, 5.74) is 1.71. The van der Waals surface area contributed by atoms with Gasteiger partial charge in [0.05, 0.1) is 0 Å². The molecule has 1 amide bonds. The Morgan fingerprint density at radius 1 is 1.41 bits per heavy atom. The van der Waals surface area contributed by atoms with Crippen molar-refractivity contribution < 1.29 is 14.1 Å². The summed E-state index contributed by atoms with van der Waals surface area (Å²) in [6.45, 7) is 2.84. The number of amides is 1. The Balaban J connectivity index is 2.12. The average Bonchev–Trinajstić information content (AvgIpc) is 2.85. The van der Waals surface area contributed by atoms with E-state index in [0.29, 0.717) is 25.4 Å². The van der Waals surface area contributed by atoms with E-state index >= 15 is 0 Å². The monoisotopic (exact) mass is 305 g/mol. The van der Waals surface area contributed by atoms with Crippen molar-refractivity contribution in [3.05, 3.63) is 40.4 Å². The van der Waals surface area contributed by atoms with Crippen LogP contribution in [0.5, 0.6) is 0 Å². The number of carbonyl (C=O) groups is 1. The average molecular weight is 305 g/mol. The summed E-state index contributed by atoms with van der Waals surface area (Å²) in [7, 11) is 1.60. The highest BCUT2D eigenvalue weighted by Crippen LogP contribution is 2.19. The number of aromatic nitrogens is 2. The van der Waals surface area contributed by atoms with Crippen molar-refractivity contribution in [2.45, 2.75) is 19.9 Å². The second-order valence-corrected chi connectivity index (χ2v) is 4.87.